The molecule has 0 bridgehead atoms. The van der Waals surface area contributed by atoms with Crippen molar-refractivity contribution in [2.75, 3.05) is 20.3 Å². The molecule has 2 atom stereocenters. The van der Waals surface area contributed by atoms with E-state index < -0.39 is 17.9 Å². The molecule has 0 aromatic carbocycles. The van der Waals surface area contributed by atoms with Crippen LogP contribution in [0.5, 0.6) is 0 Å². The Morgan fingerprint density at radius 1 is 1.52 bits per heavy atom. The van der Waals surface area contributed by atoms with Crippen LogP contribution in [0.15, 0.2) is 18.3 Å². The number of hydrogen-bond acceptors (Lipinski definition) is 4. The Kier molecular flexibility index (Phi) is 4.90. The zero-order valence-corrected chi connectivity index (χ0v) is 12.3. The minimum Gasteiger partial charge on any atom is -0.481 e. The third kappa shape index (κ3) is 3.39. The second kappa shape index (κ2) is 6.67. The van der Waals surface area contributed by atoms with Crippen LogP contribution in [-0.2, 0) is 14.3 Å². The number of likely N-dealkylation sites (tertiary alicyclic amines) is 1. The van der Waals surface area contributed by atoms with Crippen LogP contribution in [0.1, 0.15) is 30.1 Å². The maximum absolute atomic E-state index is 12.2. The molecule has 0 aliphatic carbocycles. The van der Waals surface area contributed by atoms with Crippen LogP contribution in [0, 0.1) is 12.8 Å². The molecule has 2 heterocycles. The summed E-state index contributed by atoms with van der Waals surface area (Å²) in [4.78, 5) is 29.6. The summed E-state index contributed by atoms with van der Waals surface area (Å²) in [5, 5.41) is 9.46. The first-order valence-corrected chi connectivity index (χ1v) is 6.98. The highest BCUT2D eigenvalue weighted by atomic mass is 16.5. The fraction of sp³-hybridized carbons (Fsp3) is 0.533. The Bertz CT molecular complexity index is 515. The molecule has 1 N–H and O–H groups in total. The summed E-state index contributed by atoms with van der Waals surface area (Å²) in [6.07, 6.45) is 2.29. The lowest BCUT2D eigenvalue weighted by atomic mass is 9.86. The number of aromatic nitrogens is 1. The molecule has 6 heteroatoms. The van der Waals surface area contributed by atoms with Gasteiger partial charge in [-0.05, 0) is 25.0 Å². The summed E-state index contributed by atoms with van der Waals surface area (Å²) < 4.78 is 5.03. The summed E-state index contributed by atoms with van der Waals surface area (Å²) in [5.41, 5.74) is 1.62. The molecule has 1 amide bonds. The average Bonchev–Trinajstić information content (AvgIpc) is 2.46. The quantitative estimate of drug-likeness (QED) is 0.887. The van der Waals surface area contributed by atoms with Crippen molar-refractivity contribution in [1.82, 2.24) is 9.88 Å². The normalized spacial score (nSPS) is 22.4. The van der Waals surface area contributed by atoms with Gasteiger partial charge in [0.25, 0.3) is 0 Å². The van der Waals surface area contributed by atoms with Crippen molar-refractivity contribution in [2.24, 2.45) is 5.92 Å². The number of methoxy groups -OCH3 is 1. The van der Waals surface area contributed by atoms with E-state index in [-0.39, 0.29) is 12.3 Å². The number of piperidine rings is 1. The molecule has 0 saturated carbocycles. The van der Waals surface area contributed by atoms with Gasteiger partial charge in [-0.15, -0.1) is 0 Å². The number of amides is 1. The third-order valence-corrected chi connectivity index (χ3v) is 3.80. The summed E-state index contributed by atoms with van der Waals surface area (Å²) >= 11 is 0. The van der Waals surface area contributed by atoms with E-state index in [0.717, 1.165) is 5.56 Å². The van der Waals surface area contributed by atoms with Gasteiger partial charge in [0.15, 0.2) is 0 Å². The number of carboxylic acid groups (broad SMARTS) is 1. The van der Waals surface area contributed by atoms with Gasteiger partial charge in [0, 0.05) is 26.3 Å². The molecule has 21 heavy (non-hydrogen) atoms. The number of carbonyl (C=O) groups excluding carboxylic acids is 1. The van der Waals surface area contributed by atoms with Gasteiger partial charge in [0.1, 0.15) is 0 Å². The van der Waals surface area contributed by atoms with Gasteiger partial charge < -0.3 is 14.7 Å². The van der Waals surface area contributed by atoms with Crippen LogP contribution in [0.2, 0.25) is 0 Å². The van der Waals surface area contributed by atoms with E-state index in [2.05, 4.69) is 4.98 Å². The van der Waals surface area contributed by atoms with Crippen LogP contribution in [0.3, 0.4) is 0 Å². The predicted octanol–water partition coefficient (Wildman–Crippen LogP) is 1.40. The SMILES string of the molecule is COCCN1C(=O)CCC(C(=O)O)C1c1ccc(C)cn1. The fourth-order valence-electron chi connectivity index (χ4n) is 2.68. The van der Waals surface area contributed by atoms with Crippen LogP contribution < -0.4 is 0 Å². The molecule has 1 aromatic rings. The summed E-state index contributed by atoms with van der Waals surface area (Å²) in [6.45, 7) is 2.67. The highest BCUT2D eigenvalue weighted by molar-refractivity contribution is 5.81. The Hall–Kier alpha value is -1.95. The predicted molar refractivity (Wildman–Crippen MR) is 75.7 cm³/mol. The number of aliphatic carboxylic acids is 1. The lowest BCUT2D eigenvalue weighted by Gasteiger charge is -2.39. The molecule has 0 radical (unpaired) electrons. The standard InChI is InChI=1S/C15H20N2O4/c1-10-3-5-12(16-9-10)14-11(15(19)20)4-6-13(18)17(14)7-8-21-2/h3,5,9,11,14H,4,6-8H2,1-2H3,(H,19,20). The molecule has 1 aliphatic rings. The van der Waals surface area contributed by atoms with Gasteiger partial charge in [-0.1, -0.05) is 6.07 Å². The van der Waals surface area contributed by atoms with Crippen molar-refractivity contribution in [3.8, 4) is 0 Å². The van der Waals surface area contributed by atoms with Crippen molar-refractivity contribution in [1.29, 1.82) is 0 Å². The van der Waals surface area contributed by atoms with Crippen LogP contribution in [0.4, 0.5) is 0 Å². The van der Waals surface area contributed by atoms with E-state index in [4.69, 9.17) is 4.74 Å². The number of carbonyl (C=O) groups is 2. The van der Waals surface area contributed by atoms with E-state index in [1.54, 1.807) is 24.3 Å². The highest BCUT2D eigenvalue weighted by Crippen LogP contribution is 2.35. The van der Waals surface area contributed by atoms with Gasteiger partial charge >= 0.3 is 5.97 Å². The van der Waals surface area contributed by atoms with Crippen molar-refractivity contribution in [2.45, 2.75) is 25.8 Å². The van der Waals surface area contributed by atoms with Crippen LogP contribution in [0.25, 0.3) is 0 Å². The van der Waals surface area contributed by atoms with Crippen molar-refractivity contribution in [3.63, 3.8) is 0 Å². The zero-order chi connectivity index (χ0) is 15.4. The molecule has 0 spiro atoms. The maximum atomic E-state index is 12.2. The Balaban J connectivity index is 2.35. The minimum atomic E-state index is -0.891. The highest BCUT2D eigenvalue weighted by Gasteiger charge is 2.41. The number of rotatable bonds is 5. The lowest BCUT2D eigenvalue weighted by molar-refractivity contribution is -0.152. The second-order valence-corrected chi connectivity index (χ2v) is 5.27. The topological polar surface area (TPSA) is 79.7 Å². The van der Waals surface area contributed by atoms with E-state index in [1.807, 2.05) is 13.0 Å². The minimum absolute atomic E-state index is 0.0445. The molecule has 1 saturated heterocycles. The zero-order valence-electron chi connectivity index (χ0n) is 12.3. The van der Waals surface area contributed by atoms with Crippen LogP contribution in [-0.4, -0.2) is 47.1 Å². The van der Waals surface area contributed by atoms with Crippen LogP contribution >= 0.6 is 0 Å². The van der Waals surface area contributed by atoms with Gasteiger partial charge in [-0.25, -0.2) is 0 Å². The third-order valence-electron chi connectivity index (χ3n) is 3.80. The Labute approximate surface area is 123 Å². The van der Waals surface area contributed by atoms with Gasteiger partial charge in [-0.2, -0.15) is 0 Å². The van der Waals surface area contributed by atoms with Gasteiger partial charge in [0.2, 0.25) is 5.91 Å². The van der Waals surface area contributed by atoms with E-state index >= 15 is 0 Å². The van der Waals surface area contributed by atoms with Crippen molar-refractivity contribution in [3.05, 3.63) is 29.6 Å². The van der Waals surface area contributed by atoms with E-state index in [1.165, 1.54) is 0 Å². The van der Waals surface area contributed by atoms with E-state index in [9.17, 15) is 14.7 Å². The number of aryl methyl sites for hydroxylation is 1. The maximum Gasteiger partial charge on any atom is 0.309 e. The second-order valence-electron chi connectivity index (χ2n) is 5.27. The monoisotopic (exact) mass is 292 g/mol. The molecular weight excluding hydrogens is 272 g/mol. The van der Waals surface area contributed by atoms with E-state index in [0.29, 0.717) is 25.3 Å². The number of carboxylic acids is 1. The molecule has 2 unspecified atom stereocenters. The number of nitrogens with zero attached hydrogens (tertiary/aromatic N) is 2. The molecule has 2 rings (SSSR count). The number of ether oxygens (including phenoxy) is 1. The largest absolute Gasteiger partial charge is 0.481 e. The Morgan fingerprint density at radius 3 is 2.86 bits per heavy atom. The molecule has 6 nitrogen and oxygen atoms in total. The molecular formula is C15H20N2O4. The first-order chi connectivity index (χ1) is 10.0. The van der Waals surface area contributed by atoms with Crippen molar-refractivity contribution < 1.29 is 19.4 Å². The van der Waals surface area contributed by atoms with Crippen molar-refractivity contribution >= 4 is 11.9 Å². The first-order valence-electron chi connectivity index (χ1n) is 6.98. The summed E-state index contributed by atoms with van der Waals surface area (Å²) in [5.74, 6) is -1.57. The Morgan fingerprint density at radius 2 is 2.29 bits per heavy atom. The average molecular weight is 292 g/mol. The lowest BCUT2D eigenvalue weighted by Crippen LogP contribution is -2.46. The number of hydrogen-bond donors (Lipinski definition) is 1. The van der Waals surface area contributed by atoms with Gasteiger partial charge in [0.05, 0.1) is 24.3 Å². The number of pyridine rings is 1. The molecule has 1 fully saturated rings. The molecule has 114 valence electrons. The first kappa shape index (κ1) is 15.4. The van der Waals surface area contributed by atoms with Gasteiger partial charge in [-0.3, -0.25) is 14.6 Å². The summed E-state index contributed by atoms with van der Waals surface area (Å²) in [6, 6.07) is 3.16. The summed E-state index contributed by atoms with van der Waals surface area (Å²) in [7, 11) is 1.56. The smallest absolute Gasteiger partial charge is 0.309 e. The molecule has 1 aliphatic heterocycles. The fourth-order valence-corrected chi connectivity index (χ4v) is 2.68. The molecule has 1 aromatic heterocycles.